The van der Waals surface area contributed by atoms with Gasteiger partial charge in [-0.3, -0.25) is 0 Å². The fraction of sp³-hybridized carbons (Fsp3) is 0.233. The van der Waals surface area contributed by atoms with Crippen LogP contribution < -0.4 is 4.57 Å². The van der Waals surface area contributed by atoms with E-state index in [9.17, 15) is 0 Å². The van der Waals surface area contributed by atoms with E-state index in [0.717, 1.165) is 58.0 Å². The van der Waals surface area contributed by atoms with Gasteiger partial charge in [-0.2, -0.15) is 0 Å². The van der Waals surface area contributed by atoms with Gasteiger partial charge in [0, 0.05) is 28.5 Å². The van der Waals surface area contributed by atoms with Crippen LogP contribution >= 0.6 is 0 Å². The Labute approximate surface area is 193 Å². The zero-order valence-electron chi connectivity index (χ0n) is 19.0. The second-order valence-electron chi connectivity index (χ2n) is 9.39. The topological polar surface area (TPSA) is 17.0 Å². The highest BCUT2D eigenvalue weighted by Crippen LogP contribution is 2.48. The molecule has 0 N–H and O–H groups in total. The molecule has 2 nitrogen and oxygen atoms in total. The smallest absolute Gasteiger partial charge is 0.216 e. The zero-order valence-corrected chi connectivity index (χ0v) is 19.0. The maximum absolute atomic E-state index is 15.3. The number of halogens is 1. The van der Waals surface area contributed by atoms with Gasteiger partial charge < -0.3 is 4.42 Å². The van der Waals surface area contributed by atoms with Crippen molar-refractivity contribution in [2.75, 3.05) is 0 Å². The molecule has 0 radical (unpaired) electrons. The Kier molecular flexibility index (Phi) is 4.79. The molecule has 0 saturated heterocycles. The Bertz CT molecular complexity index is 1480. The molecule has 2 aromatic heterocycles. The molecule has 2 atom stereocenters. The Morgan fingerprint density at radius 3 is 2.36 bits per heavy atom. The molecule has 0 aliphatic heterocycles. The number of hydrogen-bond acceptors (Lipinski definition) is 1. The number of rotatable bonds is 3. The van der Waals surface area contributed by atoms with Crippen LogP contribution in [-0.2, 0) is 7.05 Å². The molecular weight excluding hydrogens is 409 g/mol. The standard InChI is InChI=1S/C30H27FNO/c1-19-11-14-23-24-15-16-25(31)28(22-13-12-21(18-22)20-8-4-3-5-9-20)30(24)33-29(23)27(19)26-10-6-7-17-32(26)2/h3-11,14-17,21-22H,12-13,18H2,1-2H3/q+1. The van der Waals surface area contributed by atoms with E-state index in [1.54, 1.807) is 6.07 Å². The Morgan fingerprint density at radius 1 is 0.818 bits per heavy atom. The molecule has 3 aromatic carbocycles. The van der Waals surface area contributed by atoms with Crippen LogP contribution in [0.3, 0.4) is 0 Å². The molecule has 0 bridgehead atoms. The van der Waals surface area contributed by atoms with E-state index in [1.165, 1.54) is 5.56 Å². The van der Waals surface area contributed by atoms with Gasteiger partial charge in [-0.05, 0) is 67.3 Å². The summed E-state index contributed by atoms with van der Waals surface area (Å²) in [4.78, 5) is 0. The van der Waals surface area contributed by atoms with Crippen LogP contribution in [0.5, 0.6) is 0 Å². The van der Waals surface area contributed by atoms with Gasteiger partial charge in [-0.1, -0.05) is 42.5 Å². The average Bonchev–Trinajstić information content (AvgIpc) is 3.45. The lowest BCUT2D eigenvalue weighted by atomic mass is 9.91. The van der Waals surface area contributed by atoms with Gasteiger partial charge >= 0.3 is 0 Å². The number of furan rings is 1. The SMILES string of the molecule is Cc1ccc2c(oc3c(C4CCC(c5ccccc5)C4)c(F)ccc32)c1-c1cccc[n+]1C. The van der Waals surface area contributed by atoms with Crippen molar-refractivity contribution in [1.29, 1.82) is 0 Å². The molecule has 33 heavy (non-hydrogen) atoms. The maximum atomic E-state index is 15.3. The summed E-state index contributed by atoms with van der Waals surface area (Å²) in [7, 11) is 2.05. The predicted molar refractivity (Wildman–Crippen MR) is 131 cm³/mol. The first-order valence-corrected chi connectivity index (χ1v) is 11.8. The zero-order chi connectivity index (χ0) is 22.5. The van der Waals surface area contributed by atoms with E-state index in [-0.39, 0.29) is 11.7 Å². The van der Waals surface area contributed by atoms with Gasteiger partial charge in [0.15, 0.2) is 6.20 Å². The van der Waals surface area contributed by atoms with Crippen LogP contribution in [-0.4, -0.2) is 0 Å². The second kappa shape index (κ2) is 7.84. The highest BCUT2D eigenvalue weighted by Gasteiger charge is 2.32. The van der Waals surface area contributed by atoms with Crippen LogP contribution in [0.4, 0.5) is 4.39 Å². The number of hydrogen-bond donors (Lipinski definition) is 0. The van der Waals surface area contributed by atoms with Crippen molar-refractivity contribution in [1.82, 2.24) is 0 Å². The van der Waals surface area contributed by atoms with Crippen LogP contribution in [0.25, 0.3) is 33.2 Å². The summed E-state index contributed by atoms with van der Waals surface area (Å²) in [6.45, 7) is 2.11. The molecule has 5 aromatic rings. The second-order valence-corrected chi connectivity index (χ2v) is 9.39. The monoisotopic (exact) mass is 436 g/mol. The molecule has 1 fully saturated rings. The summed E-state index contributed by atoms with van der Waals surface area (Å²) in [5.41, 5.74) is 6.98. The maximum Gasteiger partial charge on any atom is 0.216 e. The van der Waals surface area contributed by atoms with E-state index in [4.69, 9.17) is 4.42 Å². The molecule has 1 aliphatic rings. The molecule has 164 valence electrons. The van der Waals surface area contributed by atoms with Crippen LogP contribution in [0.2, 0.25) is 0 Å². The average molecular weight is 437 g/mol. The van der Waals surface area contributed by atoms with Gasteiger partial charge in [0.2, 0.25) is 5.69 Å². The first-order chi connectivity index (χ1) is 16.1. The molecule has 0 spiro atoms. The van der Waals surface area contributed by atoms with Crippen molar-refractivity contribution < 1.29 is 13.4 Å². The first kappa shape index (κ1) is 20.2. The largest absolute Gasteiger partial charge is 0.455 e. The molecule has 1 saturated carbocycles. The lowest BCUT2D eigenvalue weighted by molar-refractivity contribution is -0.660. The van der Waals surface area contributed by atoms with E-state index in [2.05, 4.69) is 60.0 Å². The van der Waals surface area contributed by atoms with Crippen molar-refractivity contribution in [3.05, 3.63) is 102 Å². The van der Waals surface area contributed by atoms with E-state index in [1.807, 2.05) is 31.4 Å². The first-order valence-electron chi connectivity index (χ1n) is 11.8. The van der Waals surface area contributed by atoms with Crippen LogP contribution in [0, 0.1) is 12.7 Å². The number of fused-ring (bicyclic) bond motifs is 3. The van der Waals surface area contributed by atoms with Gasteiger partial charge in [-0.25, -0.2) is 8.96 Å². The molecular formula is C30H27FNO+. The van der Waals surface area contributed by atoms with E-state index < -0.39 is 0 Å². The molecule has 1 aliphatic carbocycles. The lowest BCUT2D eigenvalue weighted by Crippen LogP contribution is -2.30. The highest BCUT2D eigenvalue weighted by molar-refractivity contribution is 6.10. The summed E-state index contributed by atoms with van der Waals surface area (Å²) in [5.74, 6) is 0.483. The Morgan fingerprint density at radius 2 is 1.55 bits per heavy atom. The van der Waals surface area contributed by atoms with Crippen molar-refractivity contribution >= 4 is 21.9 Å². The fourth-order valence-electron chi connectivity index (χ4n) is 5.75. The van der Waals surface area contributed by atoms with Crippen molar-refractivity contribution in [2.24, 2.45) is 7.05 Å². The normalized spacial score (nSPS) is 18.4. The van der Waals surface area contributed by atoms with Gasteiger partial charge in [0.1, 0.15) is 24.0 Å². The van der Waals surface area contributed by atoms with Gasteiger partial charge in [0.05, 0.1) is 5.56 Å². The molecule has 0 amide bonds. The molecule has 3 heteroatoms. The van der Waals surface area contributed by atoms with Crippen LogP contribution in [0.1, 0.15) is 47.8 Å². The third kappa shape index (κ3) is 3.26. The van der Waals surface area contributed by atoms with E-state index in [0.29, 0.717) is 11.5 Å². The van der Waals surface area contributed by atoms with Gasteiger partial charge in [0.25, 0.3) is 0 Å². The number of nitrogens with zero attached hydrogens (tertiary/aromatic N) is 1. The quantitative estimate of drug-likeness (QED) is 0.266. The molecule has 6 rings (SSSR count). The Balaban J connectivity index is 1.52. The van der Waals surface area contributed by atoms with Crippen LogP contribution in [0.15, 0.2) is 83.4 Å². The third-order valence-corrected chi connectivity index (χ3v) is 7.43. The van der Waals surface area contributed by atoms with Crippen molar-refractivity contribution in [3.63, 3.8) is 0 Å². The predicted octanol–water partition coefficient (Wildman–Crippen LogP) is 7.58. The highest BCUT2D eigenvalue weighted by atomic mass is 19.1. The minimum atomic E-state index is -0.149. The number of benzene rings is 3. The summed E-state index contributed by atoms with van der Waals surface area (Å²) in [6.07, 6.45) is 5.06. The molecule has 2 heterocycles. The van der Waals surface area contributed by atoms with Crippen molar-refractivity contribution in [3.8, 4) is 11.3 Å². The number of aromatic nitrogens is 1. The van der Waals surface area contributed by atoms with E-state index >= 15 is 4.39 Å². The van der Waals surface area contributed by atoms with Gasteiger partial charge in [-0.15, -0.1) is 0 Å². The molecule has 2 unspecified atom stereocenters. The summed E-state index contributed by atoms with van der Waals surface area (Å²) in [5, 5.41) is 2.05. The fourth-order valence-corrected chi connectivity index (χ4v) is 5.75. The number of pyridine rings is 1. The third-order valence-electron chi connectivity index (χ3n) is 7.43. The summed E-state index contributed by atoms with van der Waals surface area (Å²) >= 11 is 0. The van der Waals surface area contributed by atoms with Crippen molar-refractivity contribution in [2.45, 2.75) is 38.0 Å². The summed E-state index contributed by atoms with van der Waals surface area (Å²) < 4.78 is 24.0. The Hall–Kier alpha value is -3.46. The minimum Gasteiger partial charge on any atom is -0.455 e. The minimum absolute atomic E-state index is 0.149. The lowest BCUT2D eigenvalue weighted by Gasteiger charge is -2.13. The summed E-state index contributed by atoms with van der Waals surface area (Å²) in [6, 6.07) is 24.6. The number of aryl methyl sites for hydroxylation is 2.